The monoisotopic (exact) mass is 382 g/mol. The van der Waals surface area contributed by atoms with Gasteiger partial charge in [-0.15, -0.1) is 0 Å². The van der Waals surface area contributed by atoms with E-state index in [-0.39, 0.29) is 17.8 Å². The number of rotatable bonds is 6. The second-order valence-electron chi connectivity index (χ2n) is 7.82. The minimum absolute atomic E-state index is 0.203. The summed E-state index contributed by atoms with van der Waals surface area (Å²) in [5, 5.41) is 4.17. The molecule has 0 N–H and O–H groups in total. The van der Waals surface area contributed by atoms with Crippen LogP contribution in [0.4, 0.5) is 0 Å². The summed E-state index contributed by atoms with van der Waals surface area (Å²) in [6, 6.07) is 11.7. The molecule has 2 aliphatic rings. The zero-order chi connectivity index (χ0) is 19.6. The lowest BCUT2D eigenvalue weighted by molar-refractivity contribution is -0.160. The highest BCUT2D eigenvalue weighted by molar-refractivity contribution is 5.82. The van der Waals surface area contributed by atoms with E-state index in [0.29, 0.717) is 44.7 Å². The summed E-state index contributed by atoms with van der Waals surface area (Å²) in [7, 11) is 0. The highest BCUT2D eigenvalue weighted by Crippen LogP contribution is 2.39. The van der Waals surface area contributed by atoms with Crippen molar-refractivity contribution in [1.29, 1.82) is 0 Å². The molecule has 1 saturated heterocycles. The minimum Gasteiger partial charge on any atom is -0.466 e. The molecular weight excluding hydrogens is 356 g/mol. The molecule has 4 rings (SSSR count). The summed E-state index contributed by atoms with van der Waals surface area (Å²) in [4.78, 5) is 27.1. The van der Waals surface area contributed by atoms with E-state index in [1.807, 2.05) is 48.2 Å². The maximum absolute atomic E-state index is 12.8. The van der Waals surface area contributed by atoms with Crippen molar-refractivity contribution in [3.05, 3.63) is 42.2 Å². The Labute approximate surface area is 164 Å². The molecule has 1 aromatic carbocycles. The van der Waals surface area contributed by atoms with Gasteiger partial charge in [-0.05, 0) is 32.6 Å². The van der Waals surface area contributed by atoms with Crippen LogP contribution in [0, 0.1) is 11.3 Å². The molecule has 0 unspecified atom stereocenters. The standard InChI is InChI=1S/C22H26N2O4/c1-2-27-21(26)22(10-12-24(13-11-22)20(25)17-8-9-17)15-18-14-19(23-28-18)16-6-4-3-5-7-16/h3-7,14,17H,2,8-13,15H2,1H3. The number of likely N-dealkylation sites (tertiary alicyclic amines) is 1. The number of aromatic nitrogens is 1. The first-order chi connectivity index (χ1) is 13.6. The van der Waals surface area contributed by atoms with Crippen molar-refractivity contribution in [2.45, 2.75) is 39.0 Å². The van der Waals surface area contributed by atoms with Crippen LogP contribution >= 0.6 is 0 Å². The van der Waals surface area contributed by atoms with Crippen molar-refractivity contribution in [1.82, 2.24) is 10.1 Å². The van der Waals surface area contributed by atoms with Gasteiger partial charge in [-0.25, -0.2) is 0 Å². The molecule has 1 saturated carbocycles. The number of esters is 1. The molecule has 2 fully saturated rings. The van der Waals surface area contributed by atoms with Gasteiger partial charge in [0, 0.05) is 37.1 Å². The van der Waals surface area contributed by atoms with Crippen molar-refractivity contribution in [2.75, 3.05) is 19.7 Å². The van der Waals surface area contributed by atoms with Crippen LogP contribution in [-0.2, 0) is 20.7 Å². The second kappa shape index (κ2) is 7.78. The number of carbonyl (C=O) groups excluding carboxylic acids is 2. The van der Waals surface area contributed by atoms with Gasteiger partial charge >= 0.3 is 5.97 Å². The van der Waals surface area contributed by atoms with Gasteiger partial charge in [0.15, 0.2) is 0 Å². The van der Waals surface area contributed by atoms with Crippen molar-refractivity contribution in [3.8, 4) is 11.3 Å². The van der Waals surface area contributed by atoms with E-state index in [1.54, 1.807) is 0 Å². The topological polar surface area (TPSA) is 72.6 Å². The van der Waals surface area contributed by atoms with E-state index in [1.165, 1.54) is 0 Å². The molecule has 6 heteroatoms. The fraction of sp³-hybridized carbons (Fsp3) is 0.500. The van der Waals surface area contributed by atoms with E-state index in [9.17, 15) is 9.59 Å². The first kappa shape index (κ1) is 18.7. The quantitative estimate of drug-likeness (QED) is 0.716. The Morgan fingerprint density at radius 1 is 1.21 bits per heavy atom. The normalized spacial score (nSPS) is 18.7. The zero-order valence-electron chi connectivity index (χ0n) is 16.2. The lowest BCUT2D eigenvalue weighted by atomic mass is 9.74. The molecule has 0 bridgehead atoms. The maximum Gasteiger partial charge on any atom is 0.312 e. The van der Waals surface area contributed by atoms with Gasteiger partial charge in [-0.1, -0.05) is 35.5 Å². The van der Waals surface area contributed by atoms with Crippen LogP contribution in [0.15, 0.2) is 40.9 Å². The highest BCUT2D eigenvalue weighted by atomic mass is 16.5. The number of nitrogens with zero attached hydrogens (tertiary/aromatic N) is 2. The summed E-state index contributed by atoms with van der Waals surface area (Å²) in [5.41, 5.74) is 1.08. The van der Waals surface area contributed by atoms with Crippen molar-refractivity contribution in [3.63, 3.8) is 0 Å². The lowest BCUT2D eigenvalue weighted by Gasteiger charge is -2.39. The smallest absolute Gasteiger partial charge is 0.312 e. The van der Waals surface area contributed by atoms with Gasteiger partial charge in [-0.3, -0.25) is 9.59 Å². The van der Waals surface area contributed by atoms with Crippen LogP contribution in [0.1, 0.15) is 38.4 Å². The molecule has 6 nitrogen and oxygen atoms in total. The molecule has 0 spiro atoms. The van der Waals surface area contributed by atoms with Gasteiger partial charge in [0.05, 0.1) is 12.0 Å². The number of ether oxygens (including phenoxy) is 1. The number of hydrogen-bond donors (Lipinski definition) is 0. The summed E-state index contributed by atoms with van der Waals surface area (Å²) in [5.74, 6) is 0.918. The van der Waals surface area contributed by atoms with Gasteiger partial charge in [0.1, 0.15) is 11.5 Å². The number of carbonyl (C=O) groups is 2. The Bertz CT molecular complexity index is 833. The van der Waals surface area contributed by atoms with E-state index >= 15 is 0 Å². The lowest BCUT2D eigenvalue weighted by Crippen LogP contribution is -2.48. The number of piperidine rings is 1. The van der Waals surface area contributed by atoms with Crippen LogP contribution in [0.2, 0.25) is 0 Å². The second-order valence-corrected chi connectivity index (χ2v) is 7.82. The Kier molecular flexibility index (Phi) is 5.20. The third kappa shape index (κ3) is 3.81. The Hall–Kier alpha value is -2.63. The fourth-order valence-electron chi connectivity index (χ4n) is 3.96. The highest BCUT2D eigenvalue weighted by Gasteiger charge is 2.46. The Morgan fingerprint density at radius 3 is 2.57 bits per heavy atom. The van der Waals surface area contributed by atoms with E-state index < -0.39 is 5.41 Å². The molecule has 1 aromatic heterocycles. The van der Waals surface area contributed by atoms with Crippen LogP contribution in [-0.4, -0.2) is 41.6 Å². The summed E-state index contributed by atoms with van der Waals surface area (Å²) in [6.07, 6.45) is 3.62. The van der Waals surface area contributed by atoms with Gasteiger partial charge in [0.25, 0.3) is 0 Å². The SMILES string of the molecule is CCOC(=O)C1(Cc2cc(-c3ccccc3)no2)CCN(C(=O)C2CC2)CC1. The molecule has 28 heavy (non-hydrogen) atoms. The van der Waals surface area contributed by atoms with Crippen molar-refractivity contribution in [2.24, 2.45) is 11.3 Å². The number of amides is 1. The molecule has 0 atom stereocenters. The Balaban J connectivity index is 1.50. The molecule has 0 radical (unpaired) electrons. The minimum atomic E-state index is -0.663. The molecule has 1 aliphatic heterocycles. The van der Waals surface area contributed by atoms with Crippen LogP contribution in [0.5, 0.6) is 0 Å². The van der Waals surface area contributed by atoms with Gasteiger partial charge < -0.3 is 14.2 Å². The van der Waals surface area contributed by atoms with Crippen LogP contribution in [0.3, 0.4) is 0 Å². The Morgan fingerprint density at radius 2 is 1.93 bits per heavy atom. The summed E-state index contributed by atoms with van der Waals surface area (Å²) in [6.45, 7) is 3.35. The molecule has 1 amide bonds. The van der Waals surface area contributed by atoms with Crippen LogP contribution < -0.4 is 0 Å². The molecule has 2 aromatic rings. The van der Waals surface area contributed by atoms with Crippen LogP contribution in [0.25, 0.3) is 11.3 Å². The molecular formula is C22H26N2O4. The van der Waals surface area contributed by atoms with E-state index in [2.05, 4.69) is 5.16 Å². The summed E-state index contributed by atoms with van der Waals surface area (Å²) >= 11 is 0. The van der Waals surface area contributed by atoms with E-state index in [4.69, 9.17) is 9.26 Å². The van der Waals surface area contributed by atoms with Crippen molar-refractivity contribution >= 4 is 11.9 Å². The number of hydrogen-bond acceptors (Lipinski definition) is 5. The molecule has 1 aliphatic carbocycles. The summed E-state index contributed by atoms with van der Waals surface area (Å²) < 4.78 is 11.0. The molecule has 148 valence electrons. The predicted octanol–water partition coefficient (Wildman–Crippen LogP) is 3.47. The van der Waals surface area contributed by atoms with E-state index in [0.717, 1.165) is 24.1 Å². The van der Waals surface area contributed by atoms with Gasteiger partial charge in [0.2, 0.25) is 5.91 Å². The third-order valence-corrected chi connectivity index (χ3v) is 5.81. The fourth-order valence-corrected chi connectivity index (χ4v) is 3.96. The first-order valence-electron chi connectivity index (χ1n) is 10.1. The van der Waals surface area contributed by atoms with Gasteiger partial charge in [-0.2, -0.15) is 0 Å². The average molecular weight is 382 g/mol. The number of benzene rings is 1. The van der Waals surface area contributed by atoms with Crippen molar-refractivity contribution < 1.29 is 18.8 Å². The third-order valence-electron chi connectivity index (χ3n) is 5.81. The first-order valence-corrected chi connectivity index (χ1v) is 10.1. The zero-order valence-corrected chi connectivity index (χ0v) is 16.2. The largest absolute Gasteiger partial charge is 0.466 e. The maximum atomic E-state index is 12.8. The predicted molar refractivity (Wildman–Crippen MR) is 103 cm³/mol. The molecule has 2 heterocycles. The average Bonchev–Trinajstić information content (AvgIpc) is 3.48.